The van der Waals surface area contributed by atoms with Gasteiger partial charge in [0.15, 0.2) is 0 Å². The van der Waals surface area contributed by atoms with E-state index in [1.807, 2.05) is 11.4 Å². The Kier molecular flexibility index (Phi) is 4.91. The maximum atomic E-state index is 11.9. The van der Waals surface area contributed by atoms with Crippen LogP contribution in [0.15, 0.2) is 38.7 Å². The van der Waals surface area contributed by atoms with Crippen molar-refractivity contribution in [2.24, 2.45) is 0 Å². The molecule has 1 aromatic carbocycles. The number of halogens is 2. The van der Waals surface area contributed by atoms with Crippen molar-refractivity contribution in [3.63, 3.8) is 0 Å². The van der Waals surface area contributed by atoms with Crippen LogP contribution in [0.4, 0.5) is 0 Å². The van der Waals surface area contributed by atoms with Gasteiger partial charge < -0.3 is 5.32 Å². The van der Waals surface area contributed by atoms with Gasteiger partial charge in [-0.15, -0.1) is 11.3 Å². The molecule has 1 amide bonds. The third-order valence-electron chi connectivity index (χ3n) is 2.23. The monoisotopic (exact) mass is 388 g/mol. The fourth-order valence-corrected chi connectivity index (χ4v) is 3.36. The molecular formula is C12H10Br2N2OS. The maximum Gasteiger partial charge on any atom is 0.251 e. The molecule has 1 N–H and O–H groups in total. The molecule has 0 bridgehead atoms. The van der Waals surface area contributed by atoms with E-state index >= 15 is 0 Å². The van der Waals surface area contributed by atoms with Crippen LogP contribution in [0.3, 0.4) is 0 Å². The number of hydrogen-bond donors (Lipinski definition) is 1. The third-order valence-corrected chi connectivity index (χ3v) is 3.99. The standard InChI is InChI=1S/C12H10Br2N2OS/c13-9-5-8(6-10(14)7-9)12(17)16-2-1-11-15-3-4-18-11/h3-7H,1-2H2,(H,16,17). The van der Waals surface area contributed by atoms with Crippen LogP contribution < -0.4 is 5.32 Å². The molecule has 0 radical (unpaired) electrons. The maximum absolute atomic E-state index is 11.9. The molecule has 0 aliphatic rings. The lowest BCUT2D eigenvalue weighted by Gasteiger charge is -2.05. The zero-order valence-electron chi connectivity index (χ0n) is 9.32. The molecular weight excluding hydrogens is 380 g/mol. The minimum atomic E-state index is -0.0754. The zero-order chi connectivity index (χ0) is 13.0. The molecule has 1 heterocycles. The summed E-state index contributed by atoms with van der Waals surface area (Å²) in [6.07, 6.45) is 2.53. The second kappa shape index (κ2) is 6.45. The highest BCUT2D eigenvalue weighted by Gasteiger charge is 2.07. The minimum absolute atomic E-state index is 0.0754. The Hall–Kier alpha value is -0.720. The molecule has 0 aliphatic carbocycles. The van der Waals surface area contributed by atoms with E-state index in [0.29, 0.717) is 12.1 Å². The van der Waals surface area contributed by atoms with Gasteiger partial charge in [0.1, 0.15) is 0 Å². The molecule has 0 saturated heterocycles. The van der Waals surface area contributed by atoms with E-state index in [1.165, 1.54) is 0 Å². The summed E-state index contributed by atoms with van der Waals surface area (Å²) in [5.74, 6) is -0.0754. The van der Waals surface area contributed by atoms with Gasteiger partial charge in [-0.05, 0) is 18.2 Å². The Morgan fingerprint density at radius 2 is 2.00 bits per heavy atom. The van der Waals surface area contributed by atoms with Crippen molar-refractivity contribution in [2.75, 3.05) is 6.54 Å². The van der Waals surface area contributed by atoms with E-state index in [4.69, 9.17) is 0 Å². The number of rotatable bonds is 4. The summed E-state index contributed by atoms with van der Waals surface area (Å²) in [6.45, 7) is 0.594. The molecule has 6 heteroatoms. The highest BCUT2D eigenvalue weighted by molar-refractivity contribution is 9.11. The normalized spacial score (nSPS) is 10.3. The second-order valence-electron chi connectivity index (χ2n) is 3.59. The minimum Gasteiger partial charge on any atom is -0.352 e. The van der Waals surface area contributed by atoms with Gasteiger partial charge in [-0.1, -0.05) is 31.9 Å². The zero-order valence-corrected chi connectivity index (χ0v) is 13.3. The van der Waals surface area contributed by atoms with E-state index < -0.39 is 0 Å². The molecule has 18 heavy (non-hydrogen) atoms. The van der Waals surface area contributed by atoms with E-state index in [-0.39, 0.29) is 5.91 Å². The summed E-state index contributed by atoms with van der Waals surface area (Å²) in [5, 5.41) is 5.84. The largest absolute Gasteiger partial charge is 0.352 e. The van der Waals surface area contributed by atoms with Crippen molar-refractivity contribution < 1.29 is 4.79 Å². The van der Waals surface area contributed by atoms with Crippen LogP contribution in [0.5, 0.6) is 0 Å². The average Bonchev–Trinajstić information content (AvgIpc) is 2.80. The predicted molar refractivity (Wildman–Crippen MR) is 80.0 cm³/mol. The van der Waals surface area contributed by atoms with E-state index in [1.54, 1.807) is 29.7 Å². The summed E-state index contributed by atoms with van der Waals surface area (Å²) >= 11 is 8.32. The Balaban J connectivity index is 1.91. The van der Waals surface area contributed by atoms with Crippen molar-refractivity contribution in [1.82, 2.24) is 10.3 Å². The number of nitrogens with one attached hydrogen (secondary N) is 1. The molecule has 2 rings (SSSR count). The number of benzene rings is 1. The molecule has 3 nitrogen and oxygen atoms in total. The molecule has 0 atom stereocenters. The highest BCUT2D eigenvalue weighted by atomic mass is 79.9. The lowest BCUT2D eigenvalue weighted by molar-refractivity contribution is 0.0954. The van der Waals surface area contributed by atoms with Crippen LogP contribution in [0.25, 0.3) is 0 Å². The molecule has 0 spiro atoms. The number of carbonyl (C=O) groups is 1. The van der Waals surface area contributed by atoms with E-state index in [9.17, 15) is 4.79 Å². The number of carbonyl (C=O) groups excluding carboxylic acids is 1. The van der Waals surface area contributed by atoms with Gasteiger partial charge in [-0.3, -0.25) is 4.79 Å². The Labute approximate surface area is 126 Å². The van der Waals surface area contributed by atoms with Crippen LogP contribution >= 0.6 is 43.2 Å². The van der Waals surface area contributed by atoms with E-state index in [0.717, 1.165) is 20.4 Å². The van der Waals surface area contributed by atoms with Gasteiger partial charge in [0.05, 0.1) is 5.01 Å². The summed E-state index contributed by atoms with van der Waals surface area (Å²) in [4.78, 5) is 16.1. The Morgan fingerprint density at radius 1 is 1.28 bits per heavy atom. The van der Waals surface area contributed by atoms with Crippen molar-refractivity contribution >= 4 is 49.1 Å². The van der Waals surface area contributed by atoms with Crippen LogP contribution in [-0.2, 0) is 6.42 Å². The second-order valence-corrected chi connectivity index (χ2v) is 6.40. The Bertz CT molecular complexity index is 523. The van der Waals surface area contributed by atoms with Crippen molar-refractivity contribution in [3.8, 4) is 0 Å². The highest BCUT2D eigenvalue weighted by Crippen LogP contribution is 2.20. The fourth-order valence-electron chi connectivity index (χ4n) is 1.45. The Morgan fingerprint density at radius 3 is 2.61 bits per heavy atom. The van der Waals surface area contributed by atoms with Crippen molar-refractivity contribution in [1.29, 1.82) is 0 Å². The van der Waals surface area contributed by atoms with Crippen LogP contribution in [0.2, 0.25) is 0 Å². The number of aromatic nitrogens is 1. The van der Waals surface area contributed by atoms with Gasteiger partial charge in [-0.2, -0.15) is 0 Å². The van der Waals surface area contributed by atoms with Crippen molar-refractivity contribution in [2.45, 2.75) is 6.42 Å². The average molecular weight is 390 g/mol. The van der Waals surface area contributed by atoms with Gasteiger partial charge in [0.2, 0.25) is 0 Å². The smallest absolute Gasteiger partial charge is 0.251 e. The molecule has 2 aromatic rings. The fraction of sp³-hybridized carbons (Fsp3) is 0.167. The first-order chi connectivity index (χ1) is 8.65. The van der Waals surface area contributed by atoms with Gasteiger partial charge in [-0.25, -0.2) is 4.98 Å². The number of amides is 1. The SMILES string of the molecule is O=C(NCCc1nccs1)c1cc(Br)cc(Br)c1. The molecule has 94 valence electrons. The van der Waals surface area contributed by atoms with Crippen molar-refractivity contribution in [3.05, 3.63) is 49.3 Å². The van der Waals surface area contributed by atoms with Crippen LogP contribution in [-0.4, -0.2) is 17.4 Å². The van der Waals surface area contributed by atoms with Gasteiger partial charge in [0, 0.05) is 39.1 Å². The lowest BCUT2D eigenvalue weighted by Crippen LogP contribution is -2.25. The van der Waals surface area contributed by atoms with Crippen LogP contribution in [0, 0.1) is 0 Å². The molecule has 0 saturated carbocycles. The summed E-state index contributed by atoms with van der Waals surface area (Å²) in [6, 6.07) is 5.49. The topological polar surface area (TPSA) is 42.0 Å². The number of hydrogen-bond acceptors (Lipinski definition) is 3. The summed E-state index contributed by atoms with van der Waals surface area (Å²) in [7, 11) is 0. The predicted octanol–water partition coefficient (Wildman–Crippen LogP) is 3.64. The number of nitrogens with zero attached hydrogens (tertiary/aromatic N) is 1. The summed E-state index contributed by atoms with van der Waals surface area (Å²) < 4.78 is 1.75. The molecule has 0 unspecified atom stereocenters. The first-order valence-corrected chi connectivity index (χ1v) is 7.74. The molecule has 1 aromatic heterocycles. The van der Waals surface area contributed by atoms with Gasteiger partial charge >= 0.3 is 0 Å². The first-order valence-electron chi connectivity index (χ1n) is 5.28. The third kappa shape index (κ3) is 3.90. The van der Waals surface area contributed by atoms with Crippen LogP contribution in [0.1, 0.15) is 15.4 Å². The quantitative estimate of drug-likeness (QED) is 0.867. The first kappa shape index (κ1) is 13.7. The van der Waals surface area contributed by atoms with E-state index in [2.05, 4.69) is 42.2 Å². The molecule has 0 fully saturated rings. The molecule has 0 aliphatic heterocycles. The summed E-state index contributed by atoms with van der Waals surface area (Å²) in [5.41, 5.74) is 0.635. The number of thiazole rings is 1. The lowest BCUT2D eigenvalue weighted by atomic mass is 10.2. The van der Waals surface area contributed by atoms with Gasteiger partial charge in [0.25, 0.3) is 5.91 Å².